The van der Waals surface area contributed by atoms with Gasteiger partial charge in [-0.15, -0.1) is 11.3 Å². The summed E-state index contributed by atoms with van der Waals surface area (Å²) in [5.41, 5.74) is 5.76. The van der Waals surface area contributed by atoms with E-state index in [1.807, 2.05) is 12.1 Å². The van der Waals surface area contributed by atoms with E-state index >= 15 is 0 Å². The second kappa shape index (κ2) is 7.40. The molecule has 0 amide bonds. The van der Waals surface area contributed by atoms with Crippen molar-refractivity contribution in [3.63, 3.8) is 0 Å². The number of methoxy groups -OCH3 is 1. The Bertz CT molecular complexity index is 1180. The van der Waals surface area contributed by atoms with Crippen molar-refractivity contribution in [3.8, 4) is 11.1 Å². The number of thiophene rings is 1. The van der Waals surface area contributed by atoms with Crippen LogP contribution in [0, 0.1) is 13.8 Å². The summed E-state index contributed by atoms with van der Waals surface area (Å²) in [6.45, 7) is 4.19. The quantitative estimate of drug-likeness (QED) is 0.467. The monoisotopic (exact) mass is 389 g/mol. The number of nitrogens with zero attached hydrogens (tertiary/aromatic N) is 2. The zero-order chi connectivity index (χ0) is 19.7. The highest BCUT2D eigenvalue weighted by Gasteiger charge is 2.17. The summed E-state index contributed by atoms with van der Waals surface area (Å²) < 4.78 is 4.90. The minimum Gasteiger partial charge on any atom is -0.465 e. The standard InChI is InChI=1S/C22H19N3O2S/c1-13-8-9-15(14(2)10-13)17-11-28-21-19(17)20(23-12-24-21)25-18-7-5-4-6-16(18)22(26)27-3/h4-12H,1-3H3,(H,23,24,25). The second-order valence-electron chi connectivity index (χ2n) is 6.53. The van der Waals surface area contributed by atoms with Gasteiger partial charge in [0.25, 0.3) is 0 Å². The Morgan fingerprint density at radius 1 is 1.07 bits per heavy atom. The van der Waals surface area contributed by atoms with Gasteiger partial charge < -0.3 is 10.1 Å². The first-order valence-corrected chi connectivity index (χ1v) is 9.70. The van der Waals surface area contributed by atoms with Gasteiger partial charge in [0.05, 0.1) is 23.7 Å². The fraction of sp³-hybridized carbons (Fsp3) is 0.136. The summed E-state index contributed by atoms with van der Waals surface area (Å²) in [7, 11) is 1.37. The number of anilines is 2. The number of aromatic nitrogens is 2. The first kappa shape index (κ1) is 18.1. The molecule has 2 aromatic carbocycles. The third-order valence-corrected chi connectivity index (χ3v) is 5.51. The van der Waals surface area contributed by atoms with E-state index in [4.69, 9.17) is 4.74 Å². The van der Waals surface area contributed by atoms with Crippen LogP contribution in [0.5, 0.6) is 0 Å². The number of fused-ring (bicyclic) bond motifs is 1. The smallest absolute Gasteiger partial charge is 0.339 e. The third kappa shape index (κ3) is 3.23. The molecule has 0 fully saturated rings. The summed E-state index contributed by atoms with van der Waals surface area (Å²) >= 11 is 1.58. The molecule has 0 unspecified atom stereocenters. The fourth-order valence-corrected chi connectivity index (χ4v) is 4.20. The minimum absolute atomic E-state index is 0.395. The number of hydrogen-bond acceptors (Lipinski definition) is 6. The third-order valence-electron chi connectivity index (χ3n) is 4.63. The van der Waals surface area contributed by atoms with Gasteiger partial charge in [0.2, 0.25) is 0 Å². The molecule has 0 spiro atoms. The molecular formula is C22H19N3O2S. The van der Waals surface area contributed by atoms with Gasteiger partial charge in [-0.3, -0.25) is 0 Å². The van der Waals surface area contributed by atoms with Crippen LogP contribution in [0.25, 0.3) is 21.3 Å². The predicted octanol–water partition coefficient (Wildman–Crippen LogP) is 5.51. The van der Waals surface area contributed by atoms with Crippen molar-refractivity contribution in [2.45, 2.75) is 13.8 Å². The van der Waals surface area contributed by atoms with E-state index < -0.39 is 5.97 Å². The van der Waals surface area contributed by atoms with Crippen LogP contribution in [0.2, 0.25) is 0 Å². The minimum atomic E-state index is -0.395. The van der Waals surface area contributed by atoms with Gasteiger partial charge in [-0.2, -0.15) is 0 Å². The summed E-state index contributed by atoms with van der Waals surface area (Å²) in [6, 6.07) is 13.6. The summed E-state index contributed by atoms with van der Waals surface area (Å²) in [6.07, 6.45) is 1.54. The van der Waals surface area contributed by atoms with E-state index in [0.717, 1.165) is 21.3 Å². The number of carbonyl (C=O) groups excluding carboxylic acids is 1. The number of benzene rings is 2. The summed E-state index contributed by atoms with van der Waals surface area (Å²) in [5.74, 6) is 0.269. The van der Waals surface area contributed by atoms with E-state index in [1.54, 1.807) is 23.5 Å². The molecule has 0 aliphatic heterocycles. The van der Waals surface area contributed by atoms with Crippen LogP contribution in [0.3, 0.4) is 0 Å². The van der Waals surface area contributed by atoms with Crippen LogP contribution >= 0.6 is 11.3 Å². The molecule has 2 heterocycles. The van der Waals surface area contributed by atoms with E-state index in [-0.39, 0.29) is 0 Å². The maximum atomic E-state index is 12.1. The van der Waals surface area contributed by atoms with Crippen LogP contribution in [-0.4, -0.2) is 23.0 Å². The van der Waals surface area contributed by atoms with Gasteiger partial charge >= 0.3 is 5.97 Å². The lowest BCUT2D eigenvalue weighted by atomic mass is 9.99. The molecule has 0 aliphatic carbocycles. The molecular weight excluding hydrogens is 370 g/mol. The largest absolute Gasteiger partial charge is 0.465 e. The van der Waals surface area contributed by atoms with Crippen molar-refractivity contribution >= 4 is 39.0 Å². The molecule has 4 aromatic rings. The number of carbonyl (C=O) groups is 1. The maximum Gasteiger partial charge on any atom is 0.339 e. The Balaban J connectivity index is 1.86. The molecule has 1 N–H and O–H groups in total. The molecule has 0 bridgehead atoms. The van der Waals surface area contributed by atoms with E-state index in [0.29, 0.717) is 17.1 Å². The fourth-order valence-electron chi connectivity index (χ4n) is 3.29. The van der Waals surface area contributed by atoms with Crippen molar-refractivity contribution in [2.24, 2.45) is 0 Å². The number of para-hydroxylation sites is 1. The summed E-state index contributed by atoms with van der Waals surface area (Å²) in [4.78, 5) is 21.9. The van der Waals surface area contributed by atoms with Gasteiger partial charge in [0.1, 0.15) is 17.0 Å². The number of nitrogens with one attached hydrogen (secondary N) is 1. The molecule has 0 aliphatic rings. The molecule has 0 radical (unpaired) electrons. The Morgan fingerprint density at radius 2 is 1.89 bits per heavy atom. The lowest BCUT2D eigenvalue weighted by Gasteiger charge is -2.12. The van der Waals surface area contributed by atoms with E-state index in [1.165, 1.54) is 24.6 Å². The molecule has 2 aromatic heterocycles. The SMILES string of the molecule is COC(=O)c1ccccc1Nc1ncnc2scc(-c3ccc(C)cc3C)c12. The van der Waals surface area contributed by atoms with Crippen molar-refractivity contribution < 1.29 is 9.53 Å². The van der Waals surface area contributed by atoms with Gasteiger partial charge in [0, 0.05) is 10.9 Å². The van der Waals surface area contributed by atoms with Gasteiger partial charge in [-0.1, -0.05) is 35.9 Å². The van der Waals surface area contributed by atoms with Gasteiger partial charge in [-0.25, -0.2) is 14.8 Å². The Kier molecular flexibility index (Phi) is 4.79. The highest BCUT2D eigenvalue weighted by Crippen LogP contribution is 2.39. The van der Waals surface area contributed by atoms with Crippen LogP contribution in [-0.2, 0) is 4.74 Å². The van der Waals surface area contributed by atoms with E-state index in [2.05, 4.69) is 52.7 Å². The second-order valence-corrected chi connectivity index (χ2v) is 7.39. The average Bonchev–Trinajstić information content (AvgIpc) is 3.13. The molecule has 28 heavy (non-hydrogen) atoms. The molecule has 0 atom stereocenters. The zero-order valence-corrected chi connectivity index (χ0v) is 16.6. The van der Waals surface area contributed by atoms with Crippen LogP contribution < -0.4 is 5.32 Å². The molecule has 140 valence electrons. The molecule has 5 nitrogen and oxygen atoms in total. The van der Waals surface area contributed by atoms with Crippen molar-refractivity contribution in [1.82, 2.24) is 9.97 Å². The zero-order valence-electron chi connectivity index (χ0n) is 15.8. The maximum absolute atomic E-state index is 12.1. The van der Waals surface area contributed by atoms with Crippen molar-refractivity contribution in [3.05, 3.63) is 70.9 Å². The highest BCUT2D eigenvalue weighted by atomic mass is 32.1. The number of ether oxygens (including phenoxy) is 1. The van der Waals surface area contributed by atoms with E-state index in [9.17, 15) is 4.79 Å². The number of rotatable bonds is 4. The summed E-state index contributed by atoms with van der Waals surface area (Å²) in [5, 5.41) is 6.36. The normalized spacial score (nSPS) is 10.8. The van der Waals surface area contributed by atoms with Gasteiger partial charge in [-0.05, 0) is 37.1 Å². The Labute approximate surface area is 167 Å². The number of esters is 1. The average molecular weight is 389 g/mol. The Morgan fingerprint density at radius 3 is 2.68 bits per heavy atom. The first-order chi connectivity index (χ1) is 13.6. The molecule has 0 saturated carbocycles. The molecule has 6 heteroatoms. The number of aryl methyl sites for hydroxylation is 2. The first-order valence-electron chi connectivity index (χ1n) is 8.82. The van der Waals surface area contributed by atoms with Crippen molar-refractivity contribution in [2.75, 3.05) is 12.4 Å². The Hall–Kier alpha value is -3.25. The molecule has 0 saturated heterocycles. The van der Waals surface area contributed by atoms with Crippen LogP contribution in [0.1, 0.15) is 21.5 Å². The van der Waals surface area contributed by atoms with Gasteiger partial charge in [0.15, 0.2) is 0 Å². The topological polar surface area (TPSA) is 64.1 Å². The lowest BCUT2D eigenvalue weighted by molar-refractivity contribution is 0.0602. The highest BCUT2D eigenvalue weighted by molar-refractivity contribution is 7.17. The van der Waals surface area contributed by atoms with Crippen LogP contribution in [0.4, 0.5) is 11.5 Å². The lowest BCUT2D eigenvalue weighted by Crippen LogP contribution is -2.06. The van der Waals surface area contributed by atoms with Crippen molar-refractivity contribution in [1.29, 1.82) is 0 Å². The molecule has 4 rings (SSSR count). The number of hydrogen-bond donors (Lipinski definition) is 1. The van der Waals surface area contributed by atoms with Crippen LogP contribution in [0.15, 0.2) is 54.2 Å². The predicted molar refractivity (Wildman–Crippen MR) is 113 cm³/mol.